The fourth-order valence-electron chi connectivity index (χ4n) is 2.14. The van der Waals surface area contributed by atoms with Gasteiger partial charge in [-0.15, -0.1) is 0 Å². The highest BCUT2D eigenvalue weighted by Crippen LogP contribution is 2.11. The third-order valence-corrected chi connectivity index (χ3v) is 3.02. The minimum atomic E-state index is 0.499. The second kappa shape index (κ2) is 5.99. The van der Waals surface area contributed by atoms with Gasteiger partial charge in [-0.1, -0.05) is 30.3 Å². The minimum absolute atomic E-state index is 0.499. The molecular formula is C13H20N2O. The van der Waals surface area contributed by atoms with Gasteiger partial charge in [-0.25, -0.2) is 0 Å². The predicted molar refractivity (Wildman–Crippen MR) is 65.4 cm³/mol. The van der Waals surface area contributed by atoms with Gasteiger partial charge in [0.25, 0.3) is 0 Å². The number of likely N-dealkylation sites (N-methyl/N-ethyl adjacent to an activating group) is 1. The molecule has 1 heterocycles. The Bertz CT molecular complexity index is 300. The van der Waals surface area contributed by atoms with Crippen LogP contribution >= 0.6 is 0 Å². The van der Waals surface area contributed by atoms with Crippen LogP contribution in [0.1, 0.15) is 5.56 Å². The van der Waals surface area contributed by atoms with Gasteiger partial charge in [-0.2, -0.15) is 0 Å². The lowest BCUT2D eigenvalue weighted by Crippen LogP contribution is -2.49. The van der Waals surface area contributed by atoms with E-state index in [1.807, 2.05) is 7.05 Å². The first-order valence-electron chi connectivity index (χ1n) is 5.90. The van der Waals surface area contributed by atoms with Crippen LogP contribution in [0.5, 0.6) is 0 Å². The Hall–Kier alpha value is -0.900. The van der Waals surface area contributed by atoms with Crippen LogP contribution in [0.2, 0.25) is 0 Å². The summed E-state index contributed by atoms with van der Waals surface area (Å²) in [6.45, 7) is 4.74. The summed E-state index contributed by atoms with van der Waals surface area (Å²) in [6, 6.07) is 11.1. The summed E-state index contributed by atoms with van der Waals surface area (Å²) in [6.07, 6.45) is 0. The number of morpholine rings is 1. The van der Waals surface area contributed by atoms with Gasteiger partial charge in [-0.05, 0) is 12.6 Å². The summed E-state index contributed by atoms with van der Waals surface area (Å²) >= 11 is 0. The van der Waals surface area contributed by atoms with Crippen LogP contribution in [0.3, 0.4) is 0 Å². The SMILES string of the molecule is CNC[C@H]1COCCN1Cc1ccccc1. The van der Waals surface area contributed by atoms with E-state index in [-0.39, 0.29) is 0 Å². The molecule has 1 aromatic carbocycles. The van der Waals surface area contributed by atoms with Crippen LogP contribution in [0.15, 0.2) is 30.3 Å². The zero-order valence-electron chi connectivity index (χ0n) is 9.86. The van der Waals surface area contributed by atoms with E-state index in [1.54, 1.807) is 0 Å². The van der Waals surface area contributed by atoms with Gasteiger partial charge in [0.1, 0.15) is 0 Å². The van der Waals surface area contributed by atoms with E-state index in [9.17, 15) is 0 Å². The lowest BCUT2D eigenvalue weighted by atomic mass is 10.1. The van der Waals surface area contributed by atoms with E-state index in [2.05, 4.69) is 40.5 Å². The highest BCUT2D eigenvalue weighted by atomic mass is 16.5. The topological polar surface area (TPSA) is 24.5 Å². The van der Waals surface area contributed by atoms with Crippen LogP contribution in [0.4, 0.5) is 0 Å². The number of ether oxygens (including phenoxy) is 1. The molecule has 1 atom stereocenters. The molecule has 0 amide bonds. The molecule has 0 saturated carbocycles. The molecule has 3 nitrogen and oxygen atoms in total. The number of benzene rings is 1. The van der Waals surface area contributed by atoms with Gasteiger partial charge < -0.3 is 10.1 Å². The second-order valence-electron chi connectivity index (χ2n) is 4.24. The van der Waals surface area contributed by atoms with Crippen molar-refractivity contribution in [2.75, 3.05) is 33.4 Å². The summed E-state index contributed by atoms with van der Waals surface area (Å²) in [5, 5.41) is 3.23. The lowest BCUT2D eigenvalue weighted by Gasteiger charge is -2.35. The van der Waals surface area contributed by atoms with Crippen LogP contribution in [0.25, 0.3) is 0 Å². The average Bonchev–Trinajstić information content (AvgIpc) is 2.33. The first-order chi connectivity index (χ1) is 7.90. The Balaban J connectivity index is 1.96. The molecular weight excluding hydrogens is 200 g/mol. The zero-order valence-corrected chi connectivity index (χ0v) is 9.86. The van der Waals surface area contributed by atoms with Crippen molar-refractivity contribution in [2.24, 2.45) is 0 Å². The summed E-state index contributed by atoms with van der Waals surface area (Å²) < 4.78 is 5.52. The minimum Gasteiger partial charge on any atom is -0.378 e. The van der Waals surface area contributed by atoms with E-state index in [1.165, 1.54) is 5.56 Å². The van der Waals surface area contributed by atoms with Crippen molar-refractivity contribution in [3.05, 3.63) is 35.9 Å². The van der Waals surface area contributed by atoms with Gasteiger partial charge in [0, 0.05) is 25.7 Å². The van der Waals surface area contributed by atoms with Crippen molar-refractivity contribution in [2.45, 2.75) is 12.6 Å². The average molecular weight is 220 g/mol. The molecule has 0 bridgehead atoms. The summed E-state index contributed by atoms with van der Waals surface area (Å²) in [7, 11) is 2.00. The number of hydrogen-bond donors (Lipinski definition) is 1. The third-order valence-electron chi connectivity index (χ3n) is 3.02. The normalized spacial score (nSPS) is 22.2. The summed E-state index contributed by atoms with van der Waals surface area (Å²) in [5.41, 5.74) is 1.38. The molecule has 0 radical (unpaired) electrons. The molecule has 3 heteroatoms. The Labute approximate surface area is 97.4 Å². The van der Waals surface area contributed by atoms with Gasteiger partial charge >= 0.3 is 0 Å². The van der Waals surface area contributed by atoms with E-state index in [0.29, 0.717) is 6.04 Å². The molecule has 0 unspecified atom stereocenters. The maximum absolute atomic E-state index is 5.52. The molecule has 1 aromatic rings. The lowest BCUT2D eigenvalue weighted by molar-refractivity contribution is -0.0103. The van der Waals surface area contributed by atoms with Crippen molar-refractivity contribution < 1.29 is 4.74 Å². The highest BCUT2D eigenvalue weighted by Gasteiger charge is 2.21. The summed E-state index contributed by atoms with van der Waals surface area (Å²) in [5.74, 6) is 0. The summed E-state index contributed by atoms with van der Waals surface area (Å²) in [4.78, 5) is 2.50. The van der Waals surface area contributed by atoms with Crippen molar-refractivity contribution in [3.63, 3.8) is 0 Å². The highest BCUT2D eigenvalue weighted by molar-refractivity contribution is 5.14. The Morgan fingerprint density at radius 2 is 2.19 bits per heavy atom. The van der Waals surface area contributed by atoms with Gasteiger partial charge in [0.05, 0.1) is 13.2 Å². The molecule has 1 saturated heterocycles. The van der Waals surface area contributed by atoms with E-state index < -0.39 is 0 Å². The number of nitrogens with zero attached hydrogens (tertiary/aromatic N) is 1. The van der Waals surface area contributed by atoms with Crippen LogP contribution < -0.4 is 5.32 Å². The fraction of sp³-hybridized carbons (Fsp3) is 0.538. The van der Waals surface area contributed by atoms with E-state index in [4.69, 9.17) is 4.74 Å². The van der Waals surface area contributed by atoms with Crippen molar-refractivity contribution in [1.82, 2.24) is 10.2 Å². The number of rotatable bonds is 4. The maximum Gasteiger partial charge on any atom is 0.0635 e. The van der Waals surface area contributed by atoms with E-state index >= 15 is 0 Å². The maximum atomic E-state index is 5.52. The molecule has 88 valence electrons. The molecule has 0 spiro atoms. The van der Waals surface area contributed by atoms with Crippen LogP contribution in [-0.4, -0.2) is 44.3 Å². The monoisotopic (exact) mass is 220 g/mol. The Morgan fingerprint density at radius 3 is 2.94 bits per heavy atom. The first kappa shape index (κ1) is 11.6. The fourth-order valence-corrected chi connectivity index (χ4v) is 2.14. The Morgan fingerprint density at radius 1 is 1.38 bits per heavy atom. The van der Waals surface area contributed by atoms with Crippen LogP contribution in [-0.2, 0) is 11.3 Å². The molecule has 0 aliphatic carbocycles. The van der Waals surface area contributed by atoms with Gasteiger partial charge in [0.2, 0.25) is 0 Å². The largest absolute Gasteiger partial charge is 0.378 e. The zero-order chi connectivity index (χ0) is 11.2. The van der Waals surface area contributed by atoms with E-state index in [0.717, 1.165) is 32.8 Å². The standard InChI is InChI=1S/C13H20N2O/c1-14-9-13-11-16-8-7-15(13)10-12-5-3-2-4-6-12/h2-6,13-14H,7-11H2,1H3/t13-/m0/s1. The molecule has 1 fully saturated rings. The molecule has 0 aromatic heterocycles. The van der Waals surface area contributed by atoms with Crippen molar-refractivity contribution in [1.29, 1.82) is 0 Å². The predicted octanol–water partition coefficient (Wildman–Crippen LogP) is 1.11. The molecule has 16 heavy (non-hydrogen) atoms. The van der Waals surface area contributed by atoms with Gasteiger partial charge in [-0.3, -0.25) is 4.90 Å². The first-order valence-corrected chi connectivity index (χ1v) is 5.90. The van der Waals surface area contributed by atoms with Crippen LogP contribution in [0, 0.1) is 0 Å². The number of hydrogen-bond acceptors (Lipinski definition) is 3. The molecule has 1 N–H and O–H groups in total. The molecule has 2 rings (SSSR count). The number of nitrogens with one attached hydrogen (secondary N) is 1. The second-order valence-corrected chi connectivity index (χ2v) is 4.24. The quantitative estimate of drug-likeness (QED) is 0.822. The van der Waals surface area contributed by atoms with Crippen molar-refractivity contribution in [3.8, 4) is 0 Å². The van der Waals surface area contributed by atoms with Crippen molar-refractivity contribution >= 4 is 0 Å². The third kappa shape index (κ3) is 3.04. The molecule has 1 aliphatic heterocycles. The molecule has 1 aliphatic rings. The van der Waals surface area contributed by atoms with Gasteiger partial charge in [0.15, 0.2) is 0 Å². The smallest absolute Gasteiger partial charge is 0.0635 e. The Kier molecular flexibility index (Phi) is 4.34.